The lowest BCUT2D eigenvalue weighted by atomic mass is 9.85. The largest absolute Gasteiger partial charge is 0.506 e. The lowest BCUT2D eigenvalue weighted by molar-refractivity contribution is -0.167. The smallest absolute Gasteiger partial charge is 0.349 e. The number of rotatable bonds is 14. The number of hydrogen-bond donors (Lipinski definition) is 5. The molecule has 1 saturated carbocycles. The normalized spacial score (nSPS) is 19.7. The summed E-state index contributed by atoms with van der Waals surface area (Å²) in [6.45, 7) is 4.65. The Labute approximate surface area is 320 Å². The summed E-state index contributed by atoms with van der Waals surface area (Å²) >= 11 is 2.73. The summed E-state index contributed by atoms with van der Waals surface area (Å²) in [6, 6.07) is 19.5. The van der Waals surface area contributed by atoms with E-state index < -0.39 is 17.7 Å². The Morgan fingerprint density at radius 3 is 2.63 bits per heavy atom. The van der Waals surface area contributed by atoms with E-state index in [1.165, 1.54) is 34.8 Å². The number of benzene rings is 2. The van der Waals surface area contributed by atoms with E-state index >= 15 is 0 Å². The highest BCUT2D eigenvalue weighted by Crippen LogP contribution is 2.47. The van der Waals surface area contributed by atoms with Crippen molar-refractivity contribution in [2.24, 2.45) is 5.41 Å². The number of nitrogens with zero attached hydrogens (tertiary/aromatic N) is 4. The summed E-state index contributed by atoms with van der Waals surface area (Å²) in [4.78, 5) is 31.6. The van der Waals surface area contributed by atoms with E-state index in [4.69, 9.17) is 4.74 Å². The van der Waals surface area contributed by atoms with Crippen molar-refractivity contribution >= 4 is 50.6 Å². The molecule has 3 atom stereocenters. The average molecular weight is 769 g/mol. The van der Waals surface area contributed by atoms with Crippen molar-refractivity contribution in [1.82, 2.24) is 30.2 Å². The number of thiophene rings is 2. The summed E-state index contributed by atoms with van der Waals surface area (Å²) in [5, 5.41) is 49.2. The SMILES string of the molecule is O=C(OC1CCC2(CCN(CCCCn3nnc4cc(CNC[C@H](O)c5ccc(O)c6[nH]c(=O)ccc56)ccc43)C2)C1)C(O)(c1cccs1)c1cccs1. The molecule has 12 nitrogen and oxygen atoms in total. The Balaban J connectivity index is 0.784. The molecule has 1 aliphatic heterocycles. The number of esters is 1. The molecule has 8 rings (SSSR count). The maximum atomic E-state index is 13.5. The number of aryl methyl sites for hydroxylation is 1. The monoisotopic (exact) mass is 768 g/mol. The third kappa shape index (κ3) is 7.33. The molecule has 54 heavy (non-hydrogen) atoms. The molecule has 1 aliphatic carbocycles. The fourth-order valence-electron chi connectivity index (χ4n) is 8.27. The number of pyridine rings is 1. The summed E-state index contributed by atoms with van der Waals surface area (Å²) in [5.74, 6) is -0.612. The van der Waals surface area contributed by atoms with Crippen LogP contribution in [0.15, 0.2) is 82.3 Å². The van der Waals surface area contributed by atoms with Crippen LogP contribution >= 0.6 is 22.7 Å². The molecule has 5 heterocycles. The Hall–Kier alpha value is -4.44. The van der Waals surface area contributed by atoms with Crippen LogP contribution < -0.4 is 10.9 Å². The van der Waals surface area contributed by atoms with Gasteiger partial charge in [-0.3, -0.25) is 4.79 Å². The quantitative estimate of drug-likeness (QED) is 0.0713. The number of carbonyl (C=O) groups excluding carboxylic acids is 1. The van der Waals surface area contributed by atoms with Crippen LogP contribution in [-0.2, 0) is 28.2 Å². The van der Waals surface area contributed by atoms with E-state index in [1.54, 1.807) is 24.3 Å². The predicted molar refractivity (Wildman–Crippen MR) is 209 cm³/mol. The molecule has 0 amide bonds. The number of carbonyl (C=O) groups is 1. The number of hydrogen-bond acceptors (Lipinski definition) is 12. The number of H-pyrrole nitrogens is 1. The Bertz CT molecular complexity index is 2250. The van der Waals surface area contributed by atoms with Crippen LogP contribution in [-0.4, -0.2) is 78.4 Å². The molecule has 14 heteroatoms. The standard InChI is InChI=1S/C40H44N6O6S2/c47-32-11-8-28(29-9-12-36(49)42-37(29)32)33(48)24-41-23-26-7-10-31-30(21-26)43-44-46(31)17-2-1-16-45-18-15-39(25-45)14-13-27(22-39)52-38(50)40(51,34-5-3-19-53-34)35-6-4-20-54-35/h3-12,19-21,27,33,41,47-48,51H,1-2,13-18,22-25H2,(H,42,49)/t27?,33-,39?/m0/s1. The number of likely N-dealkylation sites (tertiary alicyclic amines) is 1. The van der Waals surface area contributed by atoms with Gasteiger partial charge < -0.3 is 35.3 Å². The lowest BCUT2D eigenvalue weighted by Gasteiger charge is -2.27. The Morgan fingerprint density at radius 2 is 1.85 bits per heavy atom. The number of aliphatic hydroxyl groups is 2. The van der Waals surface area contributed by atoms with E-state index in [-0.39, 0.29) is 29.4 Å². The van der Waals surface area contributed by atoms with Crippen LogP contribution in [0.5, 0.6) is 5.75 Å². The molecular formula is C40H44N6O6S2. The number of aromatic hydroxyl groups is 1. The van der Waals surface area contributed by atoms with Crippen LogP contribution in [0.25, 0.3) is 21.9 Å². The van der Waals surface area contributed by atoms with Crippen LogP contribution in [0.2, 0.25) is 0 Å². The van der Waals surface area contributed by atoms with Gasteiger partial charge in [-0.25, -0.2) is 9.48 Å². The number of ether oxygens (including phenoxy) is 1. The third-order valence-corrected chi connectivity index (χ3v) is 13.1. The Kier molecular flexibility index (Phi) is 10.4. The fraction of sp³-hybridized carbons (Fsp3) is 0.400. The molecule has 0 bridgehead atoms. The van der Waals surface area contributed by atoms with Gasteiger partial charge in [0.05, 0.1) is 26.9 Å². The highest BCUT2D eigenvalue weighted by molar-refractivity contribution is 7.12. The van der Waals surface area contributed by atoms with Gasteiger partial charge in [-0.15, -0.1) is 27.8 Å². The van der Waals surface area contributed by atoms with Crippen molar-refractivity contribution < 1.29 is 24.9 Å². The molecule has 4 aromatic heterocycles. The zero-order valence-corrected chi connectivity index (χ0v) is 31.5. The number of unbranched alkanes of at least 4 members (excludes halogenated alkanes) is 1. The molecule has 1 saturated heterocycles. The minimum absolute atomic E-state index is 0.0373. The zero-order chi connectivity index (χ0) is 37.3. The van der Waals surface area contributed by atoms with E-state index in [9.17, 15) is 24.9 Å². The zero-order valence-electron chi connectivity index (χ0n) is 29.8. The van der Waals surface area contributed by atoms with Crippen molar-refractivity contribution in [3.8, 4) is 5.75 Å². The second-order valence-corrected chi connectivity index (χ2v) is 16.6. The van der Waals surface area contributed by atoms with Crippen LogP contribution in [0.1, 0.15) is 65.5 Å². The second-order valence-electron chi connectivity index (χ2n) is 14.7. The van der Waals surface area contributed by atoms with Crippen molar-refractivity contribution in [3.63, 3.8) is 0 Å². The van der Waals surface area contributed by atoms with Gasteiger partial charge in [0.2, 0.25) is 11.2 Å². The van der Waals surface area contributed by atoms with Crippen molar-refractivity contribution in [2.45, 2.75) is 69.4 Å². The highest BCUT2D eigenvalue weighted by atomic mass is 32.1. The van der Waals surface area contributed by atoms with Gasteiger partial charge in [0.15, 0.2) is 0 Å². The van der Waals surface area contributed by atoms with Crippen molar-refractivity contribution in [2.75, 3.05) is 26.2 Å². The summed E-state index contributed by atoms with van der Waals surface area (Å²) in [6.07, 6.45) is 4.78. The molecule has 282 valence electrons. The minimum atomic E-state index is -1.77. The van der Waals surface area contributed by atoms with Crippen LogP contribution in [0.3, 0.4) is 0 Å². The first kappa shape index (κ1) is 36.5. The number of aliphatic hydroxyl groups excluding tert-OH is 1. The van der Waals surface area contributed by atoms with Crippen LogP contribution in [0.4, 0.5) is 0 Å². The summed E-state index contributed by atoms with van der Waals surface area (Å²) in [5.41, 5.74) is 1.84. The molecular weight excluding hydrogens is 725 g/mol. The second kappa shape index (κ2) is 15.4. The van der Waals surface area contributed by atoms with Crippen LogP contribution in [0, 0.1) is 5.41 Å². The van der Waals surface area contributed by atoms with Gasteiger partial charge in [-0.1, -0.05) is 29.5 Å². The minimum Gasteiger partial charge on any atom is -0.506 e. The van der Waals surface area contributed by atoms with Gasteiger partial charge in [-0.2, -0.15) is 0 Å². The number of phenolic OH excluding ortho intramolecular Hbond substituents is 1. The fourth-order valence-corrected chi connectivity index (χ4v) is 9.99. The number of aromatic nitrogens is 4. The van der Waals surface area contributed by atoms with Gasteiger partial charge in [0.1, 0.15) is 17.4 Å². The molecule has 2 aliphatic rings. The number of aromatic amines is 1. The van der Waals surface area contributed by atoms with Gasteiger partial charge >= 0.3 is 5.97 Å². The third-order valence-electron chi connectivity index (χ3n) is 11.1. The first-order valence-electron chi connectivity index (χ1n) is 18.5. The molecule has 6 aromatic rings. The highest BCUT2D eigenvalue weighted by Gasteiger charge is 2.49. The molecule has 2 unspecified atom stereocenters. The number of nitrogens with one attached hydrogen (secondary N) is 2. The van der Waals surface area contributed by atoms with Gasteiger partial charge in [0, 0.05) is 37.6 Å². The van der Waals surface area contributed by atoms with E-state index in [0.717, 1.165) is 81.3 Å². The maximum Gasteiger partial charge on any atom is 0.349 e. The Morgan fingerprint density at radius 1 is 1.06 bits per heavy atom. The molecule has 1 spiro atoms. The first-order chi connectivity index (χ1) is 26.2. The lowest BCUT2D eigenvalue weighted by Crippen LogP contribution is -2.39. The van der Waals surface area contributed by atoms with Crippen molar-refractivity contribution in [3.05, 3.63) is 109 Å². The molecule has 2 fully saturated rings. The topological polar surface area (TPSA) is 166 Å². The predicted octanol–water partition coefficient (Wildman–Crippen LogP) is 5.43. The van der Waals surface area contributed by atoms with E-state index in [2.05, 4.69) is 25.5 Å². The average Bonchev–Trinajstić information content (AvgIpc) is 4.03. The molecule has 2 aromatic carbocycles. The molecule has 0 radical (unpaired) electrons. The number of phenols is 1. The first-order valence-corrected chi connectivity index (χ1v) is 20.3. The van der Waals surface area contributed by atoms with Crippen molar-refractivity contribution in [1.29, 1.82) is 0 Å². The van der Waals surface area contributed by atoms with E-state index in [0.29, 0.717) is 32.8 Å². The van der Waals surface area contributed by atoms with Gasteiger partial charge in [-0.05, 0) is 115 Å². The number of fused-ring (bicyclic) bond motifs is 2. The maximum absolute atomic E-state index is 13.5. The summed E-state index contributed by atoms with van der Waals surface area (Å²) in [7, 11) is 0. The van der Waals surface area contributed by atoms with E-state index in [1.807, 2.05) is 45.8 Å². The summed E-state index contributed by atoms with van der Waals surface area (Å²) < 4.78 is 8.02. The van der Waals surface area contributed by atoms with Gasteiger partial charge in [0.25, 0.3) is 0 Å². The molecule has 5 N–H and O–H groups in total.